The predicted octanol–water partition coefficient (Wildman–Crippen LogP) is 4.19. The molecule has 0 amide bonds. The highest BCUT2D eigenvalue weighted by atomic mass is 32.2. The van der Waals surface area contributed by atoms with Gasteiger partial charge in [0.15, 0.2) is 0 Å². The largest absolute Gasteiger partial charge is 0.366 e. The Labute approximate surface area is 166 Å². The van der Waals surface area contributed by atoms with Gasteiger partial charge in [-0.1, -0.05) is 32.9 Å². The smallest absolute Gasteiger partial charge is 0.261 e. The summed E-state index contributed by atoms with van der Waals surface area (Å²) in [5.41, 5.74) is 2.55. The van der Waals surface area contributed by atoms with Crippen LogP contribution in [-0.4, -0.2) is 18.4 Å². The van der Waals surface area contributed by atoms with E-state index in [-0.39, 0.29) is 10.3 Å². The molecule has 2 heterocycles. The Balaban J connectivity index is 1.65. The van der Waals surface area contributed by atoms with Gasteiger partial charge in [0.25, 0.3) is 10.0 Å². The zero-order valence-electron chi connectivity index (χ0n) is 16.2. The summed E-state index contributed by atoms with van der Waals surface area (Å²) in [6.45, 7) is 6.88. The normalized spacial score (nSPS) is 11.8. The Kier molecular flexibility index (Phi) is 5.65. The van der Waals surface area contributed by atoms with Crippen molar-refractivity contribution in [3.05, 3.63) is 78.2 Å². The van der Waals surface area contributed by atoms with Crippen LogP contribution in [0.25, 0.3) is 0 Å². The molecule has 3 aromatic rings. The van der Waals surface area contributed by atoms with Crippen molar-refractivity contribution < 1.29 is 8.42 Å². The minimum atomic E-state index is -3.66. The van der Waals surface area contributed by atoms with Gasteiger partial charge in [-0.25, -0.2) is 13.4 Å². The summed E-state index contributed by atoms with van der Waals surface area (Å²) in [6, 6.07) is 14.2. The molecule has 0 unspecified atom stereocenters. The summed E-state index contributed by atoms with van der Waals surface area (Å²) in [5.74, 6) is 0.661. The van der Waals surface area contributed by atoms with Crippen molar-refractivity contribution in [2.75, 3.05) is 10.0 Å². The van der Waals surface area contributed by atoms with Gasteiger partial charge in [-0.05, 0) is 52.9 Å². The Morgan fingerprint density at radius 1 is 0.929 bits per heavy atom. The van der Waals surface area contributed by atoms with Gasteiger partial charge in [-0.3, -0.25) is 9.71 Å². The first-order valence-electron chi connectivity index (χ1n) is 8.96. The molecule has 146 valence electrons. The number of rotatable bonds is 6. The maximum absolute atomic E-state index is 12.6. The summed E-state index contributed by atoms with van der Waals surface area (Å²) in [7, 11) is -3.66. The molecule has 0 radical (unpaired) electrons. The molecule has 0 aliphatic carbocycles. The second-order valence-electron chi connectivity index (χ2n) is 7.52. The number of aromatic nitrogens is 2. The third-order valence-electron chi connectivity index (χ3n) is 4.27. The molecule has 0 aliphatic heterocycles. The van der Waals surface area contributed by atoms with E-state index in [1.54, 1.807) is 36.7 Å². The fourth-order valence-corrected chi connectivity index (χ4v) is 3.64. The molecule has 0 atom stereocenters. The molecule has 28 heavy (non-hydrogen) atoms. The fourth-order valence-electron chi connectivity index (χ4n) is 2.60. The molecule has 2 aromatic heterocycles. The molecule has 7 heteroatoms. The van der Waals surface area contributed by atoms with Crippen molar-refractivity contribution in [1.29, 1.82) is 0 Å². The van der Waals surface area contributed by atoms with E-state index in [4.69, 9.17) is 0 Å². The zero-order valence-corrected chi connectivity index (χ0v) is 17.0. The van der Waals surface area contributed by atoms with Crippen LogP contribution in [0.1, 0.15) is 31.9 Å². The number of sulfonamides is 1. The first-order valence-corrected chi connectivity index (χ1v) is 10.4. The monoisotopic (exact) mass is 396 g/mol. The van der Waals surface area contributed by atoms with Crippen LogP contribution in [0.5, 0.6) is 0 Å². The quantitative estimate of drug-likeness (QED) is 0.653. The molecule has 0 saturated carbocycles. The van der Waals surface area contributed by atoms with Gasteiger partial charge in [-0.2, -0.15) is 0 Å². The summed E-state index contributed by atoms with van der Waals surface area (Å²) in [5, 5.41) is 3.19. The average Bonchev–Trinajstić information content (AvgIpc) is 2.67. The average molecular weight is 397 g/mol. The molecule has 2 N–H and O–H groups in total. The van der Waals surface area contributed by atoms with Crippen LogP contribution < -0.4 is 10.0 Å². The van der Waals surface area contributed by atoms with E-state index >= 15 is 0 Å². The maximum atomic E-state index is 12.6. The van der Waals surface area contributed by atoms with Crippen LogP contribution in [0.15, 0.2) is 72.0 Å². The standard InChI is InChI=1S/C21H24N4O2S/c1-21(2,3)17-4-7-19(8-5-17)28(26,27)25-18-6-9-20(24-15-18)23-14-16-10-12-22-13-11-16/h4-13,15,25H,14H2,1-3H3,(H,23,24). The lowest BCUT2D eigenvalue weighted by atomic mass is 9.87. The maximum Gasteiger partial charge on any atom is 0.261 e. The van der Waals surface area contributed by atoms with Crippen molar-refractivity contribution in [3.8, 4) is 0 Å². The van der Waals surface area contributed by atoms with Crippen LogP contribution >= 0.6 is 0 Å². The lowest BCUT2D eigenvalue weighted by Gasteiger charge is -2.19. The van der Waals surface area contributed by atoms with E-state index in [9.17, 15) is 8.42 Å². The Morgan fingerprint density at radius 2 is 1.61 bits per heavy atom. The second-order valence-corrected chi connectivity index (χ2v) is 9.20. The third kappa shape index (κ3) is 5.07. The van der Waals surface area contributed by atoms with Crippen molar-refractivity contribution in [2.45, 2.75) is 37.6 Å². The van der Waals surface area contributed by atoms with Crippen molar-refractivity contribution in [3.63, 3.8) is 0 Å². The molecule has 3 rings (SSSR count). The van der Waals surface area contributed by atoms with Crippen LogP contribution in [0.2, 0.25) is 0 Å². The van der Waals surface area contributed by atoms with Crippen LogP contribution in [0, 0.1) is 0 Å². The topological polar surface area (TPSA) is 84.0 Å². The van der Waals surface area contributed by atoms with Crippen LogP contribution in [0.4, 0.5) is 11.5 Å². The highest BCUT2D eigenvalue weighted by molar-refractivity contribution is 7.92. The van der Waals surface area contributed by atoms with Gasteiger partial charge in [-0.15, -0.1) is 0 Å². The summed E-state index contributed by atoms with van der Waals surface area (Å²) in [6.07, 6.45) is 4.96. The van der Waals surface area contributed by atoms with Gasteiger partial charge >= 0.3 is 0 Å². The Hall–Kier alpha value is -2.93. The fraction of sp³-hybridized carbons (Fsp3) is 0.238. The van der Waals surface area contributed by atoms with Gasteiger partial charge < -0.3 is 5.32 Å². The highest BCUT2D eigenvalue weighted by Crippen LogP contribution is 2.24. The number of anilines is 2. The highest BCUT2D eigenvalue weighted by Gasteiger charge is 2.17. The number of nitrogens with one attached hydrogen (secondary N) is 2. The van der Waals surface area contributed by atoms with Crippen molar-refractivity contribution in [1.82, 2.24) is 9.97 Å². The van der Waals surface area contributed by atoms with Gasteiger partial charge in [0.05, 0.1) is 16.8 Å². The Morgan fingerprint density at radius 3 is 2.18 bits per heavy atom. The summed E-state index contributed by atoms with van der Waals surface area (Å²) >= 11 is 0. The minimum absolute atomic E-state index is 0.0290. The molecule has 0 fully saturated rings. The number of pyridine rings is 2. The van der Waals surface area contributed by atoms with Crippen LogP contribution in [-0.2, 0) is 22.0 Å². The molecule has 6 nitrogen and oxygen atoms in total. The van der Waals surface area contributed by atoms with Gasteiger partial charge in [0.2, 0.25) is 0 Å². The van der Waals surface area contributed by atoms with E-state index in [1.807, 2.05) is 24.3 Å². The Bertz CT molecular complexity index is 1010. The first kappa shape index (κ1) is 19.8. The van der Waals surface area contributed by atoms with Crippen molar-refractivity contribution >= 4 is 21.5 Å². The lowest BCUT2D eigenvalue weighted by Crippen LogP contribution is -2.15. The zero-order chi connectivity index (χ0) is 20.2. The SMILES string of the molecule is CC(C)(C)c1ccc(S(=O)(=O)Nc2ccc(NCc3ccncc3)nc2)cc1. The van der Waals surface area contributed by atoms with E-state index in [1.165, 1.54) is 6.20 Å². The molecule has 0 saturated heterocycles. The molecular weight excluding hydrogens is 372 g/mol. The number of nitrogens with zero attached hydrogens (tertiary/aromatic N) is 2. The molecule has 0 spiro atoms. The molecule has 1 aromatic carbocycles. The second kappa shape index (κ2) is 7.98. The number of benzene rings is 1. The van der Waals surface area contributed by atoms with E-state index in [0.717, 1.165) is 11.1 Å². The number of hydrogen-bond donors (Lipinski definition) is 2. The summed E-state index contributed by atoms with van der Waals surface area (Å²) in [4.78, 5) is 8.47. The summed E-state index contributed by atoms with van der Waals surface area (Å²) < 4.78 is 27.8. The van der Waals surface area contributed by atoms with Gasteiger partial charge in [0, 0.05) is 18.9 Å². The predicted molar refractivity (Wildman–Crippen MR) is 112 cm³/mol. The first-order chi connectivity index (χ1) is 13.2. The van der Waals surface area contributed by atoms with E-state index in [2.05, 4.69) is 40.8 Å². The molecule has 0 bridgehead atoms. The lowest BCUT2D eigenvalue weighted by molar-refractivity contribution is 0.587. The molecule has 0 aliphatic rings. The number of hydrogen-bond acceptors (Lipinski definition) is 5. The molecular formula is C21H24N4O2S. The van der Waals surface area contributed by atoms with Crippen molar-refractivity contribution in [2.24, 2.45) is 0 Å². The minimum Gasteiger partial charge on any atom is -0.366 e. The van der Waals surface area contributed by atoms with Gasteiger partial charge in [0.1, 0.15) is 5.82 Å². The third-order valence-corrected chi connectivity index (χ3v) is 5.67. The van der Waals surface area contributed by atoms with Crippen LogP contribution in [0.3, 0.4) is 0 Å². The van der Waals surface area contributed by atoms with E-state index < -0.39 is 10.0 Å². The van der Waals surface area contributed by atoms with E-state index in [0.29, 0.717) is 18.1 Å².